The summed E-state index contributed by atoms with van der Waals surface area (Å²) in [7, 11) is 0. The first-order chi connectivity index (χ1) is 17.4. The van der Waals surface area contributed by atoms with Crippen LogP contribution in [-0.2, 0) is 20.7 Å². The number of hydrogen-bond acceptors (Lipinski definition) is 8. The smallest absolute Gasteiger partial charge is 0.419 e. The number of amides is 1. The Labute approximate surface area is 211 Å². The van der Waals surface area contributed by atoms with Gasteiger partial charge in [-0.05, 0) is 38.5 Å². The molecule has 0 aliphatic carbocycles. The van der Waals surface area contributed by atoms with E-state index in [2.05, 4.69) is 10.1 Å². The van der Waals surface area contributed by atoms with E-state index in [4.69, 9.17) is 14.0 Å². The summed E-state index contributed by atoms with van der Waals surface area (Å²) in [6.07, 6.45) is 1.05. The fourth-order valence-corrected chi connectivity index (χ4v) is 4.48. The zero-order valence-corrected chi connectivity index (χ0v) is 20.8. The normalized spacial score (nSPS) is 10.8. The number of para-hydroxylation sites is 1. The molecule has 0 N–H and O–H groups in total. The van der Waals surface area contributed by atoms with Gasteiger partial charge in [0.25, 0.3) is 0 Å². The number of hydrogen-bond donors (Lipinski definition) is 0. The monoisotopic (exact) mass is 509 g/mol. The second kappa shape index (κ2) is 11.1. The maximum atomic E-state index is 14.7. The molecule has 0 saturated carbocycles. The summed E-state index contributed by atoms with van der Waals surface area (Å²) in [5.41, 5.74) is 2.36. The van der Waals surface area contributed by atoms with Gasteiger partial charge in [0.15, 0.2) is 0 Å². The van der Waals surface area contributed by atoms with Crippen LogP contribution in [0.25, 0.3) is 21.2 Å². The van der Waals surface area contributed by atoms with Gasteiger partial charge >= 0.3 is 12.1 Å². The van der Waals surface area contributed by atoms with Crippen LogP contribution in [0.5, 0.6) is 0 Å². The molecule has 1 amide bonds. The van der Waals surface area contributed by atoms with Crippen molar-refractivity contribution in [2.45, 2.75) is 27.2 Å². The number of nitrogens with zero attached hydrogens (tertiary/aromatic N) is 3. The zero-order valence-electron chi connectivity index (χ0n) is 20.0. The number of carbonyl (C=O) groups excluding carboxylic acids is 2. The van der Waals surface area contributed by atoms with Crippen molar-refractivity contribution in [2.24, 2.45) is 0 Å². The van der Waals surface area contributed by atoms with Crippen molar-refractivity contribution in [3.05, 3.63) is 71.8 Å². The lowest BCUT2D eigenvalue weighted by Gasteiger charge is -2.22. The highest BCUT2D eigenvalue weighted by Gasteiger charge is 2.31. The molecule has 0 bridgehead atoms. The van der Waals surface area contributed by atoms with Gasteiger partial charge in [0, 0.05) is 11.8 Å². The third-order valence-corrected chi connectivity index (χ3v) is 6.23. The Morgan fingerprint density at radius 2 is 1.78 bits per heavy atom. The minimum Gasteiger partial charge on any atom is -0.466 e. The van der Waals surface area contributed by atoms with Gasteiger partial charge in [-0.3, -0.25) is 4.79 Å². The Morgan fingerprint density at radius 3 is 2.47 bits per heavy atom. The van der Waals surface area contributed by atoms with Crippen LogP contribution in [-0.4, -0.2) is 35.4 Å². The van der Waals surface area contributed by atoms with E-state index in [1.807, 2.05) is 24.3 Å². The highest BCUT2D eigenvalue weighted by molar-refractivity contribution is 7.18. The molecular formula is C26H24FN3O5S. The third kappa shape index (κ3) is 5.28. The number of rotatable bonds is 8. The highest BCUT2D eigenvalue weighted by atomic mass is 32.1. The van der Waals surface area contributed by atoms with Gasteiger partial charge in [0.1, 0.15) is 22.2 Å². The van der Waals surface area contributed by atoms with Gasteiger partial charge in [0.05, 0.1) is 30.2 Å². The number of carbonyl (C=O) groups is 2. The molecule has 0 atom stereocenters. The number of anilines is 2. The van der Waals surface area contributed by atoms with E-state index in [1.165, 1.54) is 29.5 Å². The van der Waals surface area contributed by atoms with Crippen LogP contribution in [0, 0.1) is 12.7 Å². The number of aromatic nitrogens is 2. The average molecular weight is 510 g/mol. The Hall–Kier alpha value is -4.05. The lowest BCUT2D eigenvalue weighted by molar-refractivity contribution is -0.142. The fraction of sp³-hybridized carbons (Fsp3) is 0.231. The van der Waals surface area contributed by atoms with Gasteiger partial charge in [-0.15, -0.1) is 11.3 Å². The SMILES string of the molecule is CCOC(=O)Cc1ccc(-c2ncc(-c3onc(C)c3N(C(=O)OCC)c3ccccc3F)s2)cc1. The summed E-state index contributed by atoms with van der Waals surface area (Å²) in [5, 5.41) is 4.73. The van der Waals surface area contributed by atoms with Crippen molar-refractivity contribution < 1.29 is 28.0 Å². The molecule has 0 unspecified atom stereocenters. The van der Waals surface area contributed by atoms with Crippen molar-refractivity contribution in [3.8, 4) is 21.2 Å². The summed E-state index contributed by atoms with van der Waals surface area (Å²) in [5.74, 6) is -0.604. The van der Waals surface area contributed by atoms with E-state index in [0.29, 0.717) is 22.2 Å². The van der Waals surface area contributed by atoms with Crippen LogP contribution < -0.4 is 4.90 Å². The minimum absolute atomic E-state index is 0.0189. The minimum atomic E-state index is -0.753. The molecule has 2 aromatic carbocycles. The quantitative estimate of drug-likeness (QED) is 0.257. The first-order valence-corrected chi connectivity index (χ1v) is 12.1. The van der Waals surface area contributed by atoms with Crippen LogP contribution in [0.4, 0.5) is 20.6 Å². The van der Waals surface area contributed by atoms with E-state index in [-0.39, 0.29) is 36.1 Å². The number of aryl methyl sites for hydroxylation is 1. The predicted molar refractivity (Wildman–Crippen MR) is 134 cm³/mol. The van der Waals surface area contributed by atoms with Crippen LogP contribution >= 0.6 is 11.3 Å². The Balaban J connectivity index is 1.68. The second-order valence-electron chi connectivity index (χ2n) is 7.64. The summed E-state index contributed by atoms with van der Waals surface area (Å²) in [4.78, 5) is 30.9. The van der Waals surface area contributed by atoms with Crippen molar-refractivity contribution in [1.82, 2.24) is 10.1 Å². The average Bonchev–Trinajstić information content (AvgIpc) is 3.49. The molecule has 2 heterocycles. The van der Waals surface area contributed by atoms with Gasteiger partial charge in [-0.2, -0.15) is 0 Å². The van der Waals surface area contributed by atoms with E-state index in [9.17, 15) is 14.0 Å². The van der Waals surface area contributed by atoms with Gasteiger partial charge in [-0.1, -0.05) is 41.6 Å². The predicted octanol–water partition coefficient (Wildman–Crippen LogP) is 6.31. The molecule has 0 radical (unpaired) electrons. The molecule has 0 saturated heterocycles. The van der Waals surface area contributed by atoms with Gasteiger partial charge in [-0.25, -0.2) is 19.1 Å². The summed E-state index contributed by atoms with van der Waals surface area (Å²) in [6, 6.07) is 13.3. The van der Waals surface area contributed by atoms with Gasteiger partial charge in [0.2, 0.25) is 5.76 Å². The molecular weight excluding hydrogens is 485 g/mol. The Kier molecular flexibility index (Phi) is 7.74. The number of ether oxygens (including phenoxy) is 2. The first-order valence-electron chi connectivity index (χ1n) is 11.3. The van der Waals surface area contributed by atoms with Crippen molar-refractivity contribution in [3.63, 3.8) is 0 Å². The fourth-order valence-electron chi connectivity index (χ4n) is 3.58. The number of thiazole rings is 1. The van der Waals surface area contributed by atoms with Crippen LogP contribution in [0.3, 0.4) is 0 Å². The molecule has 4 rings (SSSR count). The molecule has 186 valence electrons. The summed E-state index contributed by atoms with van der Waals surface area (Å²) in [6.45, 7) is 5.56. The lowest BCUT2D eigenvalue weighted by atomic mass is 10.1. The van der Waals surface area contributed by atoms with Crippen LogP contribution in [0.1, 0.15) is 25.1 Å². The molecule has 0 aliphatic rings. The molecule has 0 aliphatic heterocycles. The Bertz CT molecular complexity index is 1370. The van der Waals surface area contributed by atoms with E-state index in [0.717, 1.165) is 16.0 Å². The molecule has 0 fully saturated rings. The van der Waals surface area contributed by atoms with Crippen LogP contribution in [0.15, 0.2) is 59.3 Å². The lowest BCUT2D eigenvalue weighted by Crippen LogP contribution is -2.28. The molecule has 8 nitrogen and oxygen atoms in total. The summed E-state index contributed by atoms with van der Waals surface area (Å²) >= 11 is 1.33. The van der Waals surface area contributed by atoms with Crippen LogP contribution in [0.2, 0.25) is 0 Å². The number of esters is 1. The molecule has 4 aromatic rings. The third-order valence-electron chi connectivity index (χ3n) is 5.18. The Morgan fingerprint density at radius 1 is 1.06 bits per heavy atom. The van der Waals surface area contributed by atoms with E-state index >= 15 is 0 Å². The maximum absolute atomic E-state index is 14.7. The standard InChI is InChI=1S/C26H24FN3O5S/c1-4-33-22(31)14-17-10-12-18(13-11-17)25-28-15-21(36-25)24-23(16(3)29-35-24)30(26(32)34-5-2)20-9-7-6-8-19(20)27/h6-13,15H,4-5,14H2,1-3H3. The van der Waals surface area contributed by atoms with E-state index in [1.54, 1.807) is 33.0 Å². The first kappa shape index (κ1) is 25.1. The number of halogens is 1. The molecule has 10 heteroatoms. The topological polar surface area (TPSA) is 94.8 Å². The second-order valence-corrected chi connectivity index (χ2v) is 8.67. The zero-order chi connectivity index (χ0) is 25.7. The summed E-state index contributed by atoms with van der Waals surface area (Å²) < 4.78 is 30.5. The van der Waals surface area contributed by atoms with E-state index < -0.39 is 11.9 Å². The van der Waals surface area contributed by atoms with Crippen molar-refractivity contribution in [2.75, 3.05) is 18.1 Å². The molecule has 0 spiro atoms. The molecule has 2 aromatic heterocycles. The highest BCUT2D eigenvalue weighted by Crippen LogP contribution is 2.42. The van der Waals surface area contributed by atoms with Gasteiger partial charge < -0.3 is 14.0 Å². The molecule has 36 heavy (non-hydrogen) atoms. The van der Waals surface area contributed by atoms with Crippen molar-refractivity contribution >= 4 is 34.8 Å². The largest absolute Gasteiger partial charge is 0.466 e. The maximum Gasteiger partial charge on any atom is 0.419 e. The number of benzene rings is 2. The van der Waals surface area contributed by atoms with Crippen molar-refractivity contribution in [1.29, 1.82) is 0 Å².